The van der Waals surface area contributed by atoms with Gasteiger partial charge in [-0.05, 0) is 59.9 Å². The molecule has 0 radical (unpaired) electrons. The van der Waals surface area contributed by atoms with Gasteiger partial charge in [0.2, 0.25) is 17.7 Å². The molecular weight excluding hydrogens is 595 g/mol. The number of nitrogens with two attached hydrogens (primary N) is 2. The summed E-state index contributed by atoms with van der Waals surface area (Å²) in [7, 11) is -3.92. The van der Waals surface area contributed by atoms with Crippen molar-refractivity contribution in [3.8, 4) is 22.6 Å². The minimum atomic E-state index is -4.43. The molecule has 1 saturated carbocycles. The van der Waals surface area contributed by atoms with Gasteiger partial charge < -0.3 is 20.8 Å². The van der Waals surface area contributed by atoms with Gasteiger partial charge in [-0.15, -0.1) is 10.2 Å². The summed E-state index contributed by atoms with van der Waals surface area (Å²) < 4.78 is 71.3. The lowest BCUT2D eigenvalue weighted by molar-refractivity contribution is -0.137. The monoisotopic (exact) mass is 625 g/mol. The van der Waals surface area contributed by atoms with Crippen LogP contribution >= 0.6 is 0 Å². The molecule has 44 heavy (non-hydrogen) atoms. The van der Waals surface area contributed by atoms with E-state index in [-0.39, 0.29) is 23.0 Å². The van der Waals surface area contributed by atoms with Crippen LogP contribution < -0.4 is 16.4 Å². The van der Waals surface area contributed by atoms with Crippen molar-refractivity contribution in [1.29, 1.82) is 0 Å². The number of hydrogen-bond donors (Lipinski definition) is 2. The van der Waals surface area contributed by atoms with Crippen LogP contribution in [0.15, 0.2) is 76.0 Å². The van der Waals surface area contributed by atoms with Gasteiger partial charge in [-0.25, -0.2) is 8.42 Å². The van der Waals surface area contributed by atoms with Crippen molar-refractivity contribution in [3.05, 3.63) is 83.7 Å². The molecule has 1 fully saturated rings. The molecule has 2 aliphatic rings. The fraction of sp³-hybridized carbons (Fsp3) is 0.323. The van der Waals surface area contributed by atoms with Gasteiger partial charge in [-0.1, -0.05) is 55.7 Å². The third-order valence-corrected chi connectivity index (χ3v) is 10.1. The summed E-state index contributed by atoms with van der Waals surface area (Å²) in [5.74, 6) is -0.664. The van der Waals surface area contributed by atoms with Crippen molar-refractivity contribution < 1.29 is 30.8 Å². The third-order valence-electron chi connectivity index (χ3n) is 8.25. The molecule has 2 heterocycles. The smallest absolute Gasteiger partial charge is 0.416 e. The summed E-state index contributed by atoms with van der Waals surface area (Å²) in [6.45, 7) is -0.00715. The second-order valence-electron chi connectivity index (χ2n) is 11.4. The van der Waals surface area contributed by atoms with E-state index in [9.17, 15) is 26.4 Å². The highest BCUT2D eigenvalue weighted by atomic mass is 32.2. The van der Waals surface area contributed by atoms with E-state index >= 15 is 0 Å². The largest absolute Gasteiger partial charge is 0.419 e. The zero-order valence-corrected chi connectivity index (χ0v) is 24.4. The molecule has 1 aromatic heterocycles. The molecule has 230 valence electrons. The minimum Gasteiger partial charge on any atom is -0.419 e. The second kappa shape index (κ2) is 11.1. The van der Waals surface area contributed by atoms with Gasteiger partial charge in [-0.3, -0.25) is 4.79 Å². The first-order valence-corrected chi connectivity index (χ1v) is 15.8. The van der Waals surface area contributed by atoms with Crippen LogP contribution in [0.4, 0.5) is 18.9 Å². The first-order chi connectivity index (χ1) is 20.8. The number of sulfone groups is 1. The molecule has 1 aliphatic carbocycles. The van der Waals surface area contributed by atoms with E-state index < -0.39 is 44.8 Å². The molecule has 4 aromatic rings. The predicted molar refractivity (Wildman–Crippen MR) is 157 cm³/mol. The van der Waals surface area contributed by atoms with Gasteiger partial charge in [0.25, 0.3) is 0 Å². The van der Waals surface area contributed by atoms with E-state index in [1.54, 1.807) is 30.3 Å². The fourth-order valence-corrected chi connectivity index (χ4v) is 7.34. The molecule has 13 heteroatoms. The highest BCUT2D eigenvalue weighted by molar-refractivity contribution is 7.91. The highest BCUT2D eigenvalue weighted by Crippen LogP contribution is 2.38. The predicted octanol–water partition coefficient (Wildman–Crippen LogP) is 5.19. The van der Waals surface area contributed by atoms with E-state index in [4.69, 9.17) is 15.9 Å². The van der Waals surface area contributed by atoms with Crippen LogP contribution in [0.5, 0.6) is 0 Å². The number of alkyl halides is 3. The van der Waals surface area contributed by atoms with E-state index in [1.165, 1.54) is 29.2 Å². The molecule has 0 unspecified atom stereocenters. The molecule has 0 saturated heterocycles. The first-order valence-electron chi connectivity index (χ1n) is 14.2. The Morgan fingerprint density at radius 1 is 0.909 bits per heavy atom. The summed E-state index contributed by atoms with van der Waals surface area (Å²) in [4.78, 5) is 14.8. The number of benzene rings is 3. The Morgan fingerprint density at radius 2 is 1.52 bits per heavy atom. The SMILES string of the molecule is N[C@H]1CS(=O)(=O)c2ccc(-c3nnc(C4(N)CCCCC4)o3)cc2N(Cc2ccc(-c3ccc(C(F)(F)F)cc3)cc2)C1=O. The van der Waals surface area contributed by atoms with Crippen LogP contribution in [-0.4, -0.2) is 36.3 Å². The summed E-state index contributed by atoms with van der Waals surface area (Å²) >= 11 is 0. The van der Waals surface area contributed by atoms with E-state index in [0.717, 1.165) is 44.2 Å². The number of carbonyl (C=O) groups excluding carboxylic acids is 1. The molecular formula is C31H30F3N5O4S. The second-order valence-corrected chi connectivity index (χ2v) is 13.4. The van der Waals surface area contributed by atoms with E-state index in [0.29, 0.717) is 28.1 Å². The lowest BCUT2D eigenvalue weighted by atomic mass is 9.82. The molecule has 9 nitrogen and oxygen atoms in total. The van der Waals surface area contributed by atoms with E-state index in [2.05, 4.69) is 10.2 Å². The number of aromatic nitrogens is 2. The van der Waals surface area contributed by atoms with Crippen molar-refractivity contribution >= 4 is 21.4 Å². The van der Waals surface area contributed by atoms with Crippen LogP contribution in [-0.2, 0) is 32.9 Å². The molecule has 1 amide bonds. The number of fused-ring (bicyclic) bond motifs is 1. The van der Waals surface area contributed by atoms with Gasteiger partial charge in [0, 0.05) is 5.56 Å². The molecule has 1 atom stereocenters. The molecule has 3 aromatic carbocycles. The van der Waals surface area contributed by atoms with Crippen LogP contribution in [0.25, 0.3) is 22.6 Å². The maximum atomic E-state index is 13.5. The zero-order valence-electron chi connectivity index (χ0n) is 23.5. The minimum absolute atomic E-state index is 0.00715. The maximum absolute atomic E-state index is 13.5. The van der Waals surface area contributed by atoms with Gasteiger partial charge in [-0.2, -0.15) is 13.2 Å². The van der Waals surface area contributed by atoms with Crippen LogP contribution in [0.3, 0.4) is 0 Å². The van der Waals surface area contributed by atoms with Crippen molar-refractivity contribution in [2.45, 2.75) is 61.3 Å². The number of amides is 1. The number of carbonyl (C=O) groups is 1. The molecule has 4 N–H and O–H groups in total. The van der Waals surface area contributed by atoms with Crippen LogP contribution in [0.1, 0.15) is 49.1 Å². The quantitative estimate of drug-likeness (QED) is 0.308. The van der Waals surface area contributed by atoms with Crippen molar-refractivity contribution in [2.24, 2.45) is 11.5 Å². The van der Waals surface area contributed by atoms with Gasteiger partial charge >= 0.3 is 6.18 Å². The first kappa shape index (κ1) is 30.0. The van der Waals surface area contributed by atoms with E-state index in [1.807, 2.05) is 0 Å². The number of rotatable bonds is 5. The third kappa shape index (κ3) is 5.74. The van der Waals surface area contributed by atoms with Gasteiger partial charge in [0.1, 0.15) is 0 Å². The van der Waals surface area contributed by atoms with Crippen LogP contribution in [0, 0.1) is 0 Å². The molecule has 1 aliphatic heterocycles. The zero-order chi connectivity index (χ0) is 31.3. The Morgan fingerprint density at radius 3 is 2.16 bits per heavy atom. The maximum Gasteiger partial charge on any atom is 0.416 e. The summed E-state index contributed by atoms with van der Waals surface area (Å²) in [6.07, 6.45) is -0.00569. The summed E-state index contributed by atoms with van der Waals surface area (Å²) in [6, 6.07) is 14.9. The number of hydrogen-bond acceptors (Lipinski definition) is 8. The van der Waals surface area contributed by atoms with Gasteiger partial charge in [0.05, 0.1) is 40.0 Å². The fourth-order valence-electron chi connectivity index (χ4n) is 5.78. The molecule has 6 rings (SSSR count). The Labute approximate surface area is 252 Å². The summed E-state index contributed by atoms with van der Waals surface area (Å²) in [5.41, 5.74) is 13.6. The van der Waals surface area contributed by atoms with Crippen LogP contribution in [0.2, 0.25) is 0 Å². The normalized spacial score (nSPS) is 19.8. The van der Waals surface area contributed by atoms with Crippen molar-refractivity contribution in [1.82, 2.24) is 10.2 Å². The Kier molecular flexibility index (Phi) is 7.58. The lowest BCUT2D eigenvalue weighted by Gasteiger charge is -2.29. The van der Waals surface area contributed by atoms with Crippen molar-refractivity contribution in [2.75, 3.05) is 10.7 Å². The Balaban J connectivity index is 1.32. The lowest BCUT2D eigenvalue weighted by Crippen LogP contribution is -2.45. The number of nitrogens with zero attached hydrogens (tertiary/aromatic N) is 3. The average molecular weight is 626 g/mol. The Bertz CT molecular complexity index is 1800. The average Bonchev–Trinajstić information content (AvgIpc) is 3.49. The summed E-state index contributed by atoms with van der Waals surface area (Å²) in [5, 5.41) is 8.37. The molecule has 0 spiro atoms. The molecule has 0 bridgehead atoms. The number of anilines is 1. The van der Waals surface area contributed by atoms with Gasteiger partial charge in [0.15, 0.2) is 9.84 Å². The topological polar surface area (TPSA) is 145 Å². The number of halogens is 3. The standard InChI is InChI=1S/C31H30F3N5O4S/c32-31(33,34)23-11-8-21(9-12-23)20-6-4-19(5-7-20)17-39-25-16-22(10-13-26(25)44(41,42)18-24(35)28(39)40)27-37-38-29(43-27)30(36)14-2-1-3-15-30/h4-13,16,24H,1-3,14-15,17-18,35-36H2/t24-/m0/s1. The highest BCUT2D eigenvalue weighted by Gasteiger charge is 2.38. The van der Waals surface area contributed by atoms with Crippen molar-refractivity contribution in [3.63, 3.8) is 0 Å². The Hall–Kier alpha value is -4.07.